The normalized spacial score (nSPS) is 11.3. The van der Waals surface area contributed by atoms with Crippen LogP contribution in [-0.4, -0.2) is 24.9 Å². The SMILES string of the molecule is c1ccc2c(-c3ccc(-c4cc(-c5ccnc6ccccc56)nc(-c5ccnc6ccccc56)n4)cc3)nccc2c1. The van der Waals surface area contributed by atoms with Crippen LogP contribution in [0.4, 0.5) is 0 Å². The van der Waals surface area contributed by atoms with Crippen LogP contribution in [0.2, 0.25) is 0 Å². The van der Waals surface area contributed by atoms with Crippen LogP contribution in [0.3, 0.4) is 0 Å². The van der Waals surface area contributed by atoms with E-state index in [1.807, 2.05) is 73.2 Å². The molecule has 0 amide bonds. The molecule has 5 heteroatoms. The smallest absolute Gasteiger partial charge is 0.161 e. The van der Waals surface area contributed by atoms with E-state index in [4.69, 9.17) is 15.0 Å². The molecule has 0 saturated carbocycles. The Morgan fingerprint density at radius 1 is 0.405 bits per heavy atom. The van der Waals surface area contributed by atoms with Gasteiger partial charge in [0.25, 0.3) is 0 Å². The highest BCUT2D eigenvalue weighted by molar-refractivity contribution is 5.97. The lowest BCUT2D eigenvalue weighted by atomic mass is 10.0. The third kappa shape index (κ3) is 4.16. The van der Waals surface area contributed by atoms with E-state index in [2.05, 4.69) is 76.7 Å². The quantitative estimate of drug-likeness (QED) is 0.224. The number of hydrogen-bond donors (Lipinski definition) is 0. The summed E-state index contributed by atoms with van der Waals surface area (Å²) in [5, 5.41) is 4.37. The van der Waals surface area contributed by atoms with Crippen molar-refractivity contribution in [3.05, 3.63) is 140 Å². The number of nitrogens with zero attached hydrogens (tertiary/aromatic N) is 5. The van der Waals surface area contributed by atoms with Crippen LogP contribution < -0.4 is 0 Å². The average Bonchev–Trinajstić information content (AvgIpc) is 3.07. The van der Waals surface area contributed by atoms with Gasteiger partial charge in [0.15, 0.2) is 5.82 Å². The summed E-state index contributed by atoms with van der Waals surface area (Å²) < 4.78 is 0. The van der Waals surface area contributed by atoms with Gasteiger partial charge in [-0.1, -0.05) is 84.9 Å². The van der Waals surface area contributed by atoms with Crippen molar-refractivity contribution in [3.8, 4) is 45.2 Å². The lowest BCUT2D eigenvalue weighted by molar-refractivity contribution is 1.18. The maximum Gasteiger partial charge on any atom is 0.161 e. The Labute approximate surface area is 242 Å². The number of aromatic nitrogens is 5. The molecule has 5 nitrogen and oxygen atoms in total. The summed E-state index contributed by atoms with van der Waals surface area (Å²) in [6, 6.07) is 41.2. The third-order valence-electron chi connectivity index (χ3n) is 7.67. The Kier molecular flexibility index (Phi) is 5.71. The lowest BCUT2D eigenvalue weighted by Crippen LogP contribution is -1.98. The zero-order chi connectivity index (χ0) is 27.9. The summed E-state index contributed by atoms with van der Waals surface area (Å²) in [6.45, 7) is 0. The number of hydrogen-bond acceptors (Lipinski definition) is 5. The molecule has 4 heterocycles. The molecule has 42 heavy (non-hydrogen) atoms. The van der Waals surface area contributed by atoms with Crippen molar-refractivity contribution in [1.82, 2.24) is 24.9 Å². The largest absolute Gasteiger partial charge is 0.256 e. The third-order valence-corrected chi connectivity index (χ3v) is 7.67. The van der Waals surface area contributed by atoms with Crippen molar-refractivity contribution in [2.75, 3.05) is 0 Å². The molecular weight excluding hydrogens is 514 g/mol. The van der Waals surface area contributed by atoms with Crippen LogP contribution in [0.1, 0.15) is 0 Å². The van der Waals surface area contributed by atoms with E-state index in [1.54, 1.807) is 0 Å². The van der Waals surface area contributed by atoms with Crippen LogP contribution in [0.15, 0.2) is 140 Å². The molecule has 0 radical (unpaired) electrons. The summed E-state index contributed by atoms with van der Waals surface area (Å²) in [7, 11) is 0. The molecule has 196 valence electrons. The van der Waals surface area contributed by atoms with Gasteiger partial charge in [-0.25, -0.2) is 9.97 Å². The van der Waals surface area contributed by atoms with Crippen LogP contribution in [0.25, 0.3) is 77.7 Å². The van der Waals surface area contributed by atoms with Gasteiger partial charge in [-0.3, -0.25) is 15.0 Å². The number of para-hydroxylation sites is 2. The van der Waals surface area contributed by atoms with Gasteiger partial charge in [-0.15, -0.1) is 0 Å². The van der Waals surface area contributed by atoms with Gasteiger partial charge in [0.2, 0.25) is 0 Å². The van der Waals surface area contributed by atoms with Gasteiger partial charge in [-0.2, -0.15) is 0 Å². The molecule has 0 unspecified atom stereocenters. The van der Waals surface area contributed by atoms with Gasteiger partial charge < -0.3 is 0 Å². The van der Waals surface area contributed by atoms with Crippen molar-refractivity contribution in [1.29, 1.82) is 0 Å². The molecule has 0 aliphatic heterocycles. The van der Waals surface area contributed by atoms with Crippen LogP contribution in [0.5, 0.6) is 0 Å². The standard InChI is InChI=1S/C37H23N5/c1-2-8-27-24(7-1)17-20-40-36(27)26-15-13-25(14-16-26)34-23-35(30-18-21-38-32-11-5-3-9-28(30)32)42-37(41-34)31-19-22-39-33-12-6-4-10-29(31)33/h1-23H. The zero-order valence-corrected chi connectivity index (χ0v) is 22.5. The number of pyridine rings is 3. The first-order valence-corrected chi connectivity index (χ1v) is 13.8. The van der Waals surface area contributed by atoms with E-state index in [0.717, 1.165) is 66.5 Å². The summed E-state index contributed by atoms with van der Waals surface area (Å²) in [6.07, 6.45) is 5.53. The fraction of sp³-hybridized carbons (Fsp3) is 0. The second-order valence-electron chi connectivity index (χ2n) is 10.2. The molecule has 0 saturated heterocycles. The van der Waals surface area contributed by atoms with E-state index in [0.29, 0.717) is 5.82 Å². The minimum Gasteiger partial charge on any atom is -0.256 e. The Balaban J connectivity index is 1.31. The molecule has 4 aromatic heterocycles. The zero-order valence-electron chi connectivity index (χ0n) is 22.5. The lowest BCUT2D eigenvalue weighted by Gasteiger charge is -2.12. The molecule has 0 spiro atoms. The fourth-order valence-corrected chi connectivity index (χ4v) is 5.61. The number of benzene rings is 4. The first-order valence-electron chi connectivity index (χ1n) is 13.8. The average molecular weight is 538 g/mol. The van der Waals surface area contributed by atoms with E-state index in [-0.39, 0.29) is 0 Å². The summed E-state index contributed by atoms with van der Waals surface area (Å²) in [4.78, 5) is 24.1. The molecule has 0 aliphatic carbocycles. The van der Waals surface area contributed by atoms with Crippen molar-refractivity contribution in [2.24, 2.45) is 0 Å². The van der Waals surface area contributed by atoms with Crippen molar-refractivity contribution in [2.45, 2.75) is 0 Å². The molecule has 0 aliphatic rings. The fourth-order valence-electron chi connectivity index (χ4n) is 5.61. The maximum atomic E-state index is 5.12. The van der Waals surface area contributed by atoms with Crippen LogP contribution in [0, 0.1) is 0 Å². The summed E-state index contributed by atoms with van der Waals surface area (Å²) in [5.41, 5.74) is 8.51. The molecular formula is C37H23N5. The first-order chi connectivity index (χ1) is 20.8. The monoisotopic (exact) mass is 537 g/mol. The van der Waals surface area contributed by atoms with Crippen LogP contribution in [-0.2, 0) is 0 Å². The van der Waals surface area contributed by atoms with Gasteiger partial charge >= 0.3 is 0 Å². The number of fused-ring (bicyclic) bond motifs is 3. The van der Waals surface area contributed by atoms with Gasteiger partial charge in [0.05, 0.1) is 28.1 Å². The topological polar surface area (TPSA) is 64.5 Å². The highest BCUT2D eigenvalue weighted by Gasteiger charge is 2.15. The predicted octanol–water partition coefficient (Wildman–Crippen LogP) is 8.79. The van der Waals surface area contributed by atoms with Crippen molar-refractivity contribution in [3.63, 3.8) is 0 Å². The van der Waals surface area contributed by atoms with Crippen molar-refractivity contribution < 1.29 is 0 Å². The molecule has 8 aromatic rings. The molecule has 0 N–H and O–H groups in total. The van der Waals surface area contributed by atoms with E-state index < -0.39 is 0 Å². The molecule has 0 atom stereocenters. The maximum absolute atomic E-state index is 5.12. The molecule has 4 aromatic carbocycles. The second-order valence-corrected chi connectivity index (χ2v) is 10.2. The van der Waals surface area contributed by atoms with Crippen molar-refractivity contribution >= 4 is 32.6 Å². The highest BCUT2D eigenvalue weighted by atomic mass is 14.9. The summed E-state index contributed by atoms with van der Waals surface area (Å²) >= 11 is 0. The van der Waals surface area contributed by atoms with Crippen LogP contribution >= 0.6 is 0 Å². The van der Waals surface area contributed by atoms with Gasteiger partial charge in [0.1, 0.15) is 0 Å². The second kappa shape index (κ2) is 9.98. The van der Waals surface area contributed by atoms with E-state index >= 15 is 0 Å². The minimum atomic E-state index is 0.654. The van der Waals surface area contributed by atoms with E-state index in [1.165, 1.54) is 5.39 Å². The highest BCUT2D eigenvalue weighted by Crippen LogP contribution is 2.34. The molecule has 0 fully saturated rings. The van der Waals surface area contributed by atoms with Gasteiger partial charge in [0, 0.05) is 57.0 Å². The Morgan fingerprint density at radius 3 is 1.74 bits per heavy atom. The van der Waals surface area contributed by atoms with E-state index in [9.17, 15) is 0 Å². The Hall–Kier alpha value is -5.81. The van der Waals surface area contributed by atoms with Gasteiger partial charge in [-0.05, 0) is 41.8 Å². The number of rotatable bonds is 4. The minimum absolute atomic E-state index is 0.654. The predicted molar refractivity (Wildman–Crippen MR) is 170 cm³/mol. The molecule has 8 rings (SSSR count). The Morgan fingerprint density at radius 2 is 0.976 bits per heavy atom. The summed E-state index contributed by atoms with van der Waals surface area (Å²) in [5.74, 6) is 0.654. The molecule has 0 bridgehead atoms. The first kappa shape index (κ1) is 24.0. The Bertz CT molecular complexity index is 2140.